The minimum Gasteiger partial charge on any atom is -0.544 e. The maximum atomic E-state index is 12.6. The molecule has 2 atom stereocenters. The first-order valence-electron chi connectivity index (χ1n) is 11.6. The average Bonchev–Trinajstić information content (AvgIpc) is 2.65. The summed E-state index contributed by atoms with van der Waals surface area (Å²) in [6.07, 6.45) is 7.60. The highest BCUT2D eigenvalue weighted by atomic mass is 32.2. The van der Waals surface area contributed by atoms with Crippen molar-refractivity contribution in [2.24, 2.45) is 0 Å². The molecule has 0 aromatic carbocycles. The Labute approximate surface area is 189 Å². The third kappa shape index (κ3) is 8.96. The standard InChI is InChI=1S/C22H45NO7S/c1-5-6-7-8-9-10-11-16-23(4,21(2,3)14-17-24)22(15-18-25,20(26)27)13-12-19-31(28,29)30/h24-25H,5-19H2,1-4H3,(H-,26,27,28,29,30). The third-order valence-electron chi connectivity index (χ3n) is 7.11. The number of hydrogen-bond acceptors (Lipinski definition) is 6. The molecule has 0 aliphatic rings. The highest BCUT2D eigenvalue weighted by Crippen LogP contribution is 2.41. The van der Waals surface area contributed by atoms with Gasteiger partial charge in [0.25, 0.3) is 10.1 Å². The number of carboxylic acid groups (broad SMARTS) is 1. The van der Waals surface area contributed by atoms with Gasteiger partial charge in [-0.3, -0.25) is 4.55 Å². The Morgan fingerprint density at radius 1 is 0.903 bits per heavy atom. The first-order chi connectivity index (χ1) is 14.3. The molecule has 3 N–H and O–H groups in total. The zero-order valence-electron chi connectivity index (χ0n) is 19.9. The van der Waals surface area contributed by atoms with E-state index in [1.165, 1.54) is 19.3 Å². The maximum Gasteiger partial charge on any atom is 0.264 e. The molecule has 0 aromatic heterocycles. The molecule has 0 saturated heterocycles. The summed E-state index contributed by atoms with van der Waals surface area (Å²) in [6, 6.07) is 0. The van der Waals surface area contributed by atoms with Crippen molar-refractivity contribution in [2.75, 3.05) is 32.6 Å². The number of aliphatic hydroxyl groups is 2. The van der Waals surface area contributed by atoms with E-state index in [9.17, 15) is 28.5 Å². The second-order valence-electron chi connectivity index (χ2n) is 9.50. The monoisotopic (exact) mass is 467 g/mol. The van der Waals surface area contributed by atoms with Gasteiger partial charge in [-0.2, -0.15) is 8.42 Å². The van der Waals surface area contributed by atoms with Crippen molar-refractivity contribution in [1.29, 1.82) is 0 Å². The van der Waals surface area contributed by atoms with Gasteiger partial charge in [-0.1, -0.05) is 39.0 Å². The van der Waals surface area contributed by atoms with Crippen molar-refractivity contribution >= 4 is 16.1 Å². The molecule has 0 radical (unpaired) electrons. The van der Waals surface area contributed by atoms with E-state index in [4.69, 9.17) is 4.55 Å². The van der Waals surface area contributed by atoms with Crippen molar-refractivity contribution < 1.29 is 37.6 Å². The fraction of sp³-hybridized carbons (Fsp3) is 0.955. The predicted octanol–water partition coefficient (Wildman–Crippen LogP) is 1.88. The zero-order valence-corrected chi connectivity index (χ0v) is 20.8. The molecule has 0 amide bonds. The summed E-state index contributed by atoms with van der Waals surface area (Å²) in [4.78, 5) is 12.6. The lowest BCUT2D eigenvalue weighted by atomic mass is 9.79. The van der Waals surface area contributed by atoms with Gasteiger partial charge in [-0.25, -0.2) is 0 Å². The number of carboxylic acids is 1. The van der Waals surface area contributed by atoms with Gasteiger partial charge in [0.15, 0.2) is 0 Å². The Kier molecular flexibility index (Phi) is 13.4. The lowest BCUT2D eigenvalue weighted by molar-refractivity contribution is -0.996. The van der Waals surface area contributed by atoms with Gasteiger partial charge < -0.3 is 24.6 Å². The Balaban J connectivity index is 5.84. The van der Waals surface area contributed by atoms with Crippen molar-refractivity contribution in [2.45, 2.75) is 102 Å². The Bertz CT molecular complexity index is 623. The van der Waals surface area contributed by atoms with E-state index in [1.807, 2.05) is 20.9 Å². The predicted molar refractivity (Wildman–Crippen MR) is 120 cm³/mol. The second kappa shape index (κ2) is 13.7. The van der Waals surface area contributed by atoms with Gasteiger partial charge >= 0.3 is 0 Å². The van der Waals surface area contributed by atoms with Crippen molar-refractivity contribution in [3.63, 3.8) is 0 Å². The van der Waals surface area contributed by atoms with Crippen LogP contribution < -0.4 is 5.11 Å². The minimum absolute atomic E-state index is 0.0177. The van der Waals surface area contributed by atoms with Gasteiger partial charge in [-0.15, -0.1) is 0 Å². The molecular weight excluding hydrogens is 422 g/mol. The number of nitrogens with zero attached hydrogens (tertiary/aromatic N) is 1. The first kappa shape index (κ1) is 30.3. The summed E-state index contributed by atoms with van der Waals surface area (Å²) in [5, 5.41) is 31.9. The van der Waals surface area contributed by atoms with Gasteiger partial charge in [0.2, 0.25) is 0 Å². The normalized spacial score (nSPS) is 16.6. The van der Waals surface area contributed by atoms with E-state index in [-0.39, 0.29) is 37.0 Å². The topological polar surface area (TPSA) is 135 Å². The molecule has 0 spiro atoms. The summed E-state index contributed by atoms with van der Waals surface area (Å²) in [5.41, 5.74) is -2.20. The number of carbonyl (C=O) groups is 1. The summed E-state index contributed by atoms with van der Waals surface area (Å²) in [5.74, 6) is -1.89. The van der Waals surface area contributed by atoms with E-state index >= 15 is 0 Å². The summed E-state index contributed by atoms with van der Waals surface area (Å²) in [7, 11) is -2.42. The SMILES string of the molecule is CCCCCCCCC[N+](C)(C(C)(C)CCO)C(CCO)(CCCS(=O)(=O)O)C(=O)[O-]. The van der Waals surface area contributed by atoms with Crippen LogP contribution in [0.2, 0.25) is 0 Å². The van der Waals surface area contributed by atoms with Crippen molar-refractivity contribution in [1.82, 2.24) is 0 Å². The fourth-order valence-electron chi connectivity index (χ4n) is 4.76. The summed E-state index contributed by atoms with van der Waals surface area (Å²) >= 11 is 0. The zero-order chi connectivity index (χ0) is 24.2. The van der Waals surface area contributed by atoms with Crippen LogP contribution in [-0.4, -0.2) is 77.3 Å². The highest BCUT2D eigenvalue weighted by Gasteiger charge is 2.55. The largest absolute Gasteiger partial charge is 0.544 e. The Morgan fingerprint density at radius 3 is 1.87 bits per heavy atom. The number of rotatable bonds is 19. The number of aliphatic carboxylic acids is 1. The molecule has 0 fully saturated rings. The van der Waals surface area contributed by atoms with Crippen LogP contribution in [-0.2, 0) is 14.9 Å². The lowest BCUT2D eigenvalue weighted by Gasteiger charge is -2.59. The molecule has 0 aromatic rings. The third-order valence-corrected chi connectivity index (χ3v) is 7.92. The molecular formula is C22H45NO7S. The molecule has 186 valence electrons. The molecule has 0 bridgehead atoms. The summed E-state index contributed by atoms with van der Waals surface area (Å²) in [6.45, 7) is 5.94. The van der Waals surface area contributed by atoms with Crippen molar-refractivity contribution in [3.05, 3.63) is 0 Å². The number of hydrogen-bond donors (Lipinski definition) is 3. The lowest BCUT2D eigenvalue weighted by Crippen LogP contribution is -2.76. The van der Waals surface area contributed by atoms with Crippen LogP contribution in [0.25, 0.3) is 0 Å². The molecule has 0 aliphatic carbocycles. The van der Waals surface area contributed by atoms with E-state index < -0.39 is 32.9 Å². The van der Waals surface area contributed by atoms with E-state index in [0.29, 0.717) is 13.0 Å². The quantitative estimate of drug-likeness (QED) is 0.150. The number of likely N-dealkylation sites (N-methyl/N-ethyl adjacent to an activating group) is 1. The van der Waals surface area contributed by atoms with Crippen LogP contribution in [0.15, 0.2) is 0 Å². The maximum absolute atomic E-state index is 12.6. The molecule has 0 aliphatic heterocycles. The number of aliphatic hydroxyl groups excluding tert-OH is 2. The van der Waals surface area contributed by atoms with Crippen LogP contribution in [0.4, 0.5) is 0 Å². The van der Waals surface area contributed by atoms with Crippen molar-refractivity contribution in [3.8, 4) is 0 Å². The minimum atomic E-state index is -4.23. The molecule has 2 unspecified atom stereocenters. The van der Waals surface area contributed by atoms with E-state index in [2.05, 4.69) is 6.92 Å². The van der Waals surface area contributed by atoms with Gasteiger partial charge in [0, 0.05) is 32.5 Å². The number of carbonyl (C=O) groups excluding carboxylic acids is 1. The van der Waals surface area contributed by atoms with Gasteiger partial charge in [0.1, 0.15) is 11.5 Å². The molecule has 0 rings (SSSR count). The highest BCUT2D eigenvalue weighted by molar-refractivity contribution is 7.85. The first-order valence-corrected chi connectivity index (χ1v) is 13.2. The number of quaternary nitrogens is 1. The van der Waals surface area contributed by atoms with Gasteiger partial charge in [0.05, 0.1) is 24.9 Å². The Hall–Kier alpha value is -0.740. The van der Waals surface area contributed by atoms with Crippen LogP contribution in [0.3, 0.4) is 0 Å². The smallest absolute Gasteiger partial charge is 0.264 e. The molecule has 0 heterocycles. The molecule has 31 heavy (non-hydrogen) atoms. The average molecular weight is 468 g/mol. The van der Waals surface area contributed by atoms with Crippen LogP contribution in [0.5, 0.6) is 0 Å². The molecule has 9 heteroatoms. The molecule has 8 nitrogen and oxygen atoms in total. The van der Waals surface area contributed by atoms with Crippen LogP contribution >= 0.6 is 0 Å². The van der Waals surface area contributed by atoms with Crippen LogP contribution in [0, 0.1) is 0 Å². The van der Waals surface area contributed by atoms with E-state index in [0.717, 1.165) is 25.7 Å². The Morgan fingerprint density at radius 2 is 1.42 bits per heavy atom. The van der Waals surface area contributed by atoms with Crippen LogP contribution in [0.1, 0.15) is 91.4 Å². The summed E-state index contributed by atoms with van der Waals surface area (Å²) < 4.78 is 31.6. The second-order valence-corrected chi connectivity index (χ2v) is 11.1. The van der Waals surface area contributed by atoms with E-state index in [1.54, 1.807) is 0 Å². The number of unbranched alkanes of at least 4 members (excludes halogenated alkanes) is 6. The van der Waals surface area contributed by atoms with Gasteiger partial charge in [-0.05, 0) is 33.1 Å². The molecule has 0 saturated carbocycles. The fourth-order valence-corrected chi connectivity index (χ4v) is 5.27.